The highest BCUT2D eigenvalue weighted by atomic mass is 32.3. The van der Waals surface area contributed by atoms with Crippen LogP contribution in [-0.4, -0.2) is 88.7 Å². The molecule has 0 unspecified atom stereocenters. The summed E-state index contributed by atoms with van der Waals surface area (Å²) in [4.78, 5) is 0. The van der Waals surface area contributed by atoms with E-state index in [-0.39, 0.29) is 69.9 Å². The van der Waals surface area contributed by atoms with E-state index in [9.17, 15) is 28.3 Å². The number of hydrogen-bond donors (Lipinski definition) is 3. The first kappa shape index (κ1) is 49.7. The lowest BCUT2D eigenvalue weighted by Crippen LogP contribution is -2.76. The van der Waals surface area contributed by atoms with Crippen molar-refractivity contribution in [3.05, 3.63) is 33.9 Å². The van der Waals surface area contributed by atoms with Crippen LogP contribution in [0.2, 0.25) is 0 Å². The first-order valence-corrected chi connectivity index (χ1v) is 29.4. The fourth-order valence-corrected chi connectivity index (χ4v) is 21.9. The van der Waals surface area contributed by atoms with Crippen molar-refractivity contribution in [3.8, 4) is 0 Å². The molecule has 70 heavy (non-hydrogen) atoms. The molecule has 6 heterocycles. The van der Waals surface area contributed by atoms with Gasteiger partial charge in [-0.25, -0.2) is 8.42 Å². The second-order valence-electron chi connectivity index (χ2n) is 28.6. The summed E-state index contributed by atoms with van der Waals surface area (Å²) in [5, 5.41) is 34.8. The lowest BCUT2D eigenvalue weighted by molar-refractivity contribution is -0.408. The van der Waals surface area contributed by atoms with Gasteiger partial charge in [0.15, 0.2) is 11.6 Å². The normalized spacial score (nSPS) is 52.2. The van der Waals surface area contributed by atoms with Gasteiger partial charge in [-0.1, -0.05) is 89.3 Å². The van der Waals surface area contributed by atoms with Crippen LogP contribution >= 0.6 is 0 Å². The molecule has 6 saturated heterocycles. The zero-order chi connectivity index (χ0) is 50.0. The van der Waals surface area contributed by atoms with Crippen LogP contribution in [0.1, 0.15) is 185 Å². The Morgan fingerprint density at radius 1 is 0.829 bits per heavy atom. The largest absolute Gasteiger partial charge is 0.726 e. The summed E-state index contributed by atoms with van der Waals surface area (Å²) in [6, 6.07) is 0. The lowest BCUT2D eigenvalue weighted by Gasteiger charge is -2.70. The van der Waals surface area contributed by atoms with E-state index in [1.54, 1.807) is 11.1 Å². The van der Waals surface area contributed by atoms with Crippen LogP contribution in [0.3, 0.4) is 0 Å². The second kappa shape index (κ2) is 15.3. The molecule has 8 aliphatic carbocycles. The van der Waals surface area contributed by atoms with E-state index in [1.165, 1.54) is 36.0 Å². The van der Waals surface area contributed by atoms with E-state index in [1.807, 2.05) is 13.8 Å². The number of fused-ring (bicyclic) bond motifs is 10. The summed E-state index contributed by atoms with van der Waals surface area (Å²) < 4.78 is 70.3. The summed E-state index contributed by atoms with van der Waals surface area (Å²) in [6.45, 7) is 25.9. The number of hydrogen-bond acceptors (Lipinski definition) is 11. The molecule has 11 nitrogen and oxygen atoms in total. The monoisotopic (exact) mass is 992 g/mol. The number of ether oxygens (including phenoxy) is 4. The quantitative estimate of drug-likeness (QED) is 0.120. The van der Waals surface area contributed by atoms with Gasteiger partial charge in [0.05, 0.1) is 42.7 Å². The highest BCUT2D eigenvalue weighted by molar-refractivity contribution is 7.80. The molecule has 2 spiro atoms. The summed E-state index contributed by atoms with van der Waals surface area (Å²) in [5.41, 5.74) is 4.66. The Morgan fingerprint density at radius 2 is 1.50 bits per heavy atom. The Kier molecular flexibility index (Phi) is 10.8. The maximum Gasteiger partial charge on any atom is 0.217 e. The molecule has 6 bridgehead atoms. The van der Waals surface area contributed by atoms with Gasteiger partial charge in [0, 0.05) is 34.0 Å². The third-order valence-electron chi connectivity index (χ3n) is 24.9. The molecule has 0 aromatic carbocycles. The van der Waals surface area contributed by atoms with Gasteiger partial charge in [-0.15, -0.1) is 0 Å². The zero-order valence-electron chi connectivity index (χ0n) is 44.5. The minimum absolute atomic E-state index is 0.0153. The first-order valence-electron chi connectivity index (χ1n) is 28.1. The van der Waals surface area contributed by atoms with Gasteiger partial charge >= 0.3 is 0 Å². The molecule has 392 valence electrons. The molecule has 14 aliphatic rings. The highest BCUT2D eigenvalue weighted by Crippen LogP contribution is 2.74. The molecule has 0 aromatic heterocycles. The van der Waals surface area contributed by atoms with E-state index >= 15 is 0 Å². The number of aliphatic hydroxyl groups is 3. The van der Waals surface area contributed by atoms with Crippen LogP contribution in [-0.2, 0) is 33.5 Å². The predicted octanol–water partition coefficient (Wildman–Crippen LogP) is 10.2. The highest BCUT2D eigenvalue weighted by Gasteiger charge is 2.75. The van der Waals surface area contributed by atoms with Gasteiger partial charge in [-0.05, 0) is 176 Å². The molecule has 19 atom stereocenters. The third kappa shape index (κ3) is 6.39. The van der Waals surface area contributed by atoms with Gasteiger partial charge in [0.1, 0.15) is 6.10 Å². The van der Waals surface area contributed by atoms with Crippen LogP contribution in [0, 0.1) is 79.8 Å². The molecule has 10 fully saturated rings. The van der Waals surface area contributed by atoms with Gasteiger partial charge in [-0.2, -0.15) is 0 Å². The summed E-state index contributed by atoms with van der Waals surface area (Å²) in [7, 11) is -5.06. The van der Waals surface area contributed by atoms with Crippen LogP contribution < -0.4 is 0 Å². The summed E-state index contributed by atoms with van der Waals surface area (Å²) in [6.07, 6.45) is 16.6. The van der Waals surface area contributed by atoms with Gasteiger partial charge in [0.2, 0.25) is 10.4 Å². The predicted molar refractivity (Wildman–Crippen MR) is 263 cm³/mol. The Balaban J connectivity index is 0.782. The molecular formula is C58H87O11S-. The second-order valence-corrected chi connectivity index (χ2v) is 29.6. The Hall–Kier alpha value is -1.19. The van der Waals surface area contributed by atoms with Crippen LogP contribution in [0.4, 0.5) is 0 Å². The van der Waals surface area contributed by atoms with E-state index in [0.29, 0.717) is 49.0 Å². The standard InChI is InChI=1S/C58H88O11S/c1-32(37-14-16-39-35-13-18-45-49(3,4)57(60)25-24-55(45,30-65-57)41(35)20-22-52(37,39)9)12-19-47-54(11)28-34(51(7,8)69-54)26-43(67-47)33(2)38-15-17-40-36-27-44(68-70(62,63)64)48-50(5,6)58(61)46(59)29-56(48,31-66-58)42(36)21-23-53(38,40)10/h18,32-34,37-40,43-44,46-48,59-61H,12-17,19-31H2,1-11H3,(H,62,63,64)/p-1/t32-,33+,34-,37-,38-,39+,40+,43-,44+,46+,47+,48+,52-,53-,54-,55+,56+,57+,58+/m1/s1. The maximum atomic E-state index is 12.5. The number of aliphatic hydroxyl groups excluding tert-OH is 1. The zero-order valence-corrected chi connectivity index (χ0v) is 45.3. The molecule has 14 rings (SSSR count). The SMILES string of the molecule is C[C@@H]([C@H]1CC[C@H]2C3=C(CC[C@]12C)[C@@]12CO[C@@](O)([C@@H](O)C1)C(C)(C)[C@@H]2[C@@H](OS(=O)(=O)[O-])C3)[C@H]1C[C@@H]2C[C@@](C)(OC2(C)C)[C@H](CC[C@@H](C)[C@H]2CC[C@H]3C4=C(CC[C@]23C)[C@]23CC[C@](O)(OC2)C(C)(C)C3=CC4)O1. The van der Waals surface area contributed by atoms with Crippen LogP contribution in [0.15, 0.2) is 33.9 Å². The van der Waals surface area contributed by atoms with Crippen LogP contribution in [0.5, 0.6) is 0 Å². The Morgan fingerprint density at radius 3 is 2.17 bits per heavy atom. The molecule has 6 aliphatic heterocycles. The average Bonchev–Trinajstić information content (AvgIpc) is 3.85. The van der Waals surface area contributed by atoms with Gasteiger partial charge in [-0.3, -0.25) is 4.18 Å². The fraction of sp³-hybridized carbons (Fsp3) is 0.897. The number of rotatable bonds is 8. The van der Waals surface area contributed by atoms with Gasteiger partial charge in [0.25, 0.3) is 0 Å². The molecule has 0 amide bonds. The molecular weight excluding hydrogens is 905 g/mol. The van der Waals surface area contributed by atoms with E-state index in [2.05, 4.69) is 68.4 Å². The Labute approximate surface area is 419 Å². The van der Waals surface area contributed by atoms with E-state index in [4.69, 9.17) is 23.1 Å². The Bertz CT molecular complexity index is 2410. The third-order valence-corrected chi connectivity index (χ3v) is 25.4. The first-order chi connectivity index (χ1) is 32.5. The van der Waals surface area contributed by atoms with Crippen molar-refractivity contribution in [3.63, 3.8) is 0 Å². The lowest BCUT2D eigenvalue weighted by atomic mass is 9.42. The molecule has 0 aromatic rings. The van der Waals surface area contributed by atoms with Crippen molar-refractivity contribution in [2.75, 3.05) is 13.2 Å². The molecule has 4 saturated carbocycles. The van der Waals surface area contributed by atoms with Crippen molar-refractivity contribution in [2.24, 2.45) is 79.8 Å². The minimum atomic E-state index is -5.06. The van der Waals surface area contributed by atoms with Crippen molar-refractivity contribution >= 4 is 10.4 Å². The topological polar surface area (TPSA) is 164 Å². The maximum absolute atomic E-state index is 12.5. The molecule has 0 radical (unpaired) electrons. The fourth-order valence-electron chi connectivity index (χ4n) is 21.4. The van der Waals surface area contributed by atoms with E-state index in [0.717, 1.165) is 70.6 Å². The van der Waals surface area contributed by atoms with E-state index < -0.39 is 50.9 Å². The summed E-state index contributed by atoms with van der Waals surface area (Å²) in [5.74, 6) is -0.402. The smallest absolute Gasteiger partial charge is 0.217 e. The minimum Gasteiger partial charge on any atom is -0.726 e. The number of allylic oxidation sites excluding steroid dienone is 2. The van der Waals surface area contributed by atoms with Crippen LogP contribution in [0.25, 0.3) is 0 Å². The molecule has 12 heteroatoms. The van der Waals surface area contributed by atoms with Gasteiger partial charge < -0.3 is 38.8 Å². The average molecular weight is 992 g/mol. The molecule has 3 N–H and O–H groups in total. The summed E-state index contributed by atoms with van der Waals surface area (Å²) >= 11 is 0. The van der Waals surface area contributed by atoms with Crippen molar-refractivity contribution in [1.82, 2.24) is 0 Å². The van der Waals surface area contributed by atoms with Crippen molar-refractivity contribution in [2.45, 2.75) is 233 Å². The van der Waals surface area contributed by atoms with Crippen molar-refractivity contribution < 1.29 is 51.4 Å². The van der Waals surface area contributed by atoms with Crippen molar-refractivity contribution in [1.29, 1.82) is 0 Å².